The highest BCUT2D eigenvalue weighted by atomic mass is 16.5. The first-order chi connectivity index (χ1) is 9.19. The third kappa shape index (κ3) is 3.88. The van der Waals surface area contributed by atoms with Crippen molar-refractivity contribution in [2.24, 2.45) is 0 Å². The molecule has 1 aromatic rings. The number of urea groups is 1. The molecule has 104 valence electrons. The molecule has 0 aromatic heterocycles. The highest BCUT2D eigenvalue weighted by Gasteiger charge is 2.15. The molecule has 0 atom stereocenters. The van der Waals surface area contributed by atoms with E-state index in [9.17, 15) is 4.79 Å². The normalized spacial score (nSPS) is 15.9. The highest BCUT2D eigenvalue weighted by Crippen LogP contribution is 2.21. The number of carbonyl (C=O) groups excluding carboxylic acids is 1. The number of amides is 2. The first-order valence-electron chi connectivity index (χ1n) is 6.91. The molecule has 0 aliphatic heterocycles. The highest BCUT2D eigenvalue weighted by molar-refractivity contribution is 5.90. The first kappa shape index (κ1) is 13.7. The van der Waals surface area contributed by atoms with Gasteiger partial charge in [0.25, 0.3) is 0 Å². The fourth-order valence-electron chi connectivity index (χ4n) is 2.49. The Hall–Kier alpha value is -1.71. The molecule has 4 nitrogen and oxygen atoms in total. The summed E-state index contributed by atoms with van der Waals surface area (Å²) in [6.07, 6.45) is 5.90. The van der Waals surface area contributed by atoms with Crippen LogP contribution < -0.4 is 15.4 Å². The molecule has 0 unspecified atom stereocenters. The van der Waals surface area contributed by atoms with Gasteiger partial charge in [0, 0.05) is 11.7 Å². The van der Waals surface area contributed by atoms with Gasteiger partial charge in [-0.3, -0.25) is 0 Å². The standard InChI is InChI=1S/C15H22N2O2/c1-11-10-13(19-2)8-9-14(11)17-15(18)16-12-6-4-3-5-7-12/h8-10,12H,3-7H2,1-2H3,(H2,16,17,18). The first-order valence-corrected chi connectivity index (χ1v) is 6.91. The Morgan fingerprint density at radius 1 is 1.26 bits per heavy atom. The van der Waals surface area contributed by atoms with Gasteiger partial charge in [-0.1, -0.05) is 19.3 Å². The van der Waals surface area contributed by atoms with Gasteiger partial charge in [-0.05, 0) is 43.5 Å². The van der Waals surface area contributed by atoms with Crippen molar-refractivity contribution >= 4 is 11.7 Å². The van der Waals surface area contributed by atoms with E-state index in [1.54, 1.807) is 7.11 Å². The molecule has 2 amide bonds. The van der Waals surface area contributed by atoms with Crippen LogP contribution in [0.15, 0.2) is 18.2 Å². The lowest BCUT2D eigenvalue weighted by atomic mass is 9.96. The molecule has 2 rings (SSSR count). The predicted molar refractivity (Wildman–Crippen MR) is 76.8 cm³/mol. The van der Waals surface area contributed by atoms with E-state index in [4.69, 9.17) is 4.74 Å². The molecule has 1 aliphatic rings. The van der Waals surface area contributed by atoms with E-state index >= 15 is 0 Å². The second kappa shape index (κ2) is 6.45. The average Bonchev–Trinajstić information content (AvgIpc) is 2.42. The van der Waals surface area contributed by atoms with Gasteiger partial charge in [0.1, 0.15) is 5.75 Å². The molecule has 4 heteroatoms. The molecular formula is C15H22N2O2. The Balaban J connectivity index is 1.91. The van der Waals surface area contributed by atoms with Crippen LogP contribution in [0.4, 0.5) is 10.5 Å². The summed E-state index contributed by atoms with van der Waals surface area (Å²) in [5.41, 5.74) is 1.83. The summed E-state index contributed by atoms with van der Waals surface area (Å²) in [5.74, 6) is 0.802. The molecule has 0 saturated heterocycles. The molecular weight excluding hydrogens is 240 g/mol. The van der Waals surface area contributed by atoms with Gasteiger partial charge in [0.05, 0.1) is 7.11 Å². The number of rotatable bonds is 3. The number of hydrogen-bond donors (Lipinski definition) is 2. The number of carbonyl (C=O) groups is 1. The summed E-state index contributed by atoms with van der Waals surface area (Å²) in [5, 5.41) is 5.95. The third-order valence-electron chi connectivity index (χ3n) is 3.62. The van der Waals surface area contributed by atoms with Crippen molar-refractivity contribution < 1.29 is 9.53 Å². The second-order valence-electron chi connectivity index (χ2n) is 5.11. The molecule has 2 N–H and O–H groups in total. The Labute approximate surface area is 114 Å². The van der Waals surface area contributed by atoms with E-state index in [1.807, 2.05) is 25.1 Å². The van der Waals surface area contributed by atoms with Crippen molar-refractivity contribution in [2.45, 2.75) is 45.1 Å². The van der Waals surface area contributed by atoms with Crippen LogP contribution in [0.2, 0.25) is 0 Å². The average molecular weight is 262 g/mol. The summed E-state index contributed by atoms with van der Waals surface area (Å²) in [6.45, 7) is 1.96. The minimum atomic E-state index is -0.111. The largest absolute Gasteiger partial charge is 0.497 e. The zero-order chi connectivity index (χ0) is 13.7. The van der Waals surface area contributed by atoms with E-state index in [0.29, 0.717) is 6.04 Å². The van der Waals surface area contributed by atoms with E-state index in [1.165, 1.54) is 19.3 Å². The molecule has 19 heavy (non-hydrogen) atoms. The van der Waals surface area contributed by atoms with Crippen LogP contribution in [0.5, 0.6) is 5.75 Å². The summed E-state index contributed by atoms with van der Waals surface area (Å²) >= 11 is 0. The Morgan fingerprint density at radius 3 is 2.63 bits per heavy atom. The van der Waals surface area contributed by atoms with Crippen molar-refractivity contribution in [3.8, 4) is 5.75 Å². The lowest BCUT2D eigenvalue weighted by molar-refractivity contribution is 0.244. The summed E-state index contributed by atoms with van der Waals surface area (Å²) in [7, 11) is 1.64. The second-order valence-corrected chi connectivity index (χ2v) is 5.11. The van der Waals surface area contributed by atoms with E-state index in [0.717, 1.165) is 29.8 Å². The topological polar surface area (TPSA) is 50.4 Å². The Bertz CT molecular complexity index is 440. The zero-order valence-electron chi connectivity index (χ0n) is 11.7. The van der Waals surface area contributed by atoms with Gasteiger partial charge in [-0.25, -0.2) is 4.79 Å². The maximum atomic E-state index is 11.9. The summed E-state index contributed by atoms with van der Waals surface area (Å²) in [6, 6.07) is 5.85. The summed E-state index contributed by atoms with van der Waals surface area (Å²) in [4.78, 5) is 11.9. The fraction of sp³-hybridized carbons (Fsp3) is 0.533. The van der Waals surface area contributed by atoms with Gasteiger partial charge in [0.15, 0.2) is 0 Å². The minimum Gasteiger partial charge on any atom is -0.497 e. The smallest absolute Gasteiger partial charge is 0.319 e. The monoisotopic (exact) mass is 262 g/mol. The number of aryl methyl sites for hydroxylation is 1. The van der Waals surface area contributed by atoms with Crippen molar-refractivity contribution in [3.05, 3.63) is 23.8 Å². The number of anilines is 1. The molecule has 1 fully saturated rings. The SMILES string of the molecule is COc1ccc(NC(=O)NC2CCCCC2)c(C)c1. The number of methoxy groups -OCH3 is 1. The van der Waals surface area contributed by atoms with Gasteiger partial charge >= 0.3 is 6.03 Å². The number of hydrogen-bond acceptors (Lipinski definition) is 2. The maximum absolute atomic E-state index is 11.9. The lowest BCUT2D eigenvalue weighted by Gasteiger charge is -2.23. The van der Waals surface area contributed by atoms with Crippen LogP contribution in [0, 0.1) is 6.92 Å². The molecule has 0 bridgehead atoms. The Morgan fingerprint density at radius 2 is 2.00 bits per heavy atom. The fourth-order valence-corrected chi connectivity index (χ4v) is 2.49. The number of nitrogens with one attached hydrogen (secondary N) is 2. The van der Waals surface area contributed by atoms with Gasteiger partial charge in [-0.15, -0.1) is 0 Å². The van der Waals surface area contributed by atoms with Crippen LogP contribution in [0.3, 0.4) is 0 Å². The van der Waals surface area contributed by atoms with Crippen molar-refractivity contribution in [2.75, 3.05) is 12.4 Å². The Kier molecular flexibility index (Phi) is 4.66. The molecule has 1 aliphatic carbocycles. The number of ether oxygens (including phenoxy) is 1. The van der Waals surface area contributed by atoms with Crippen LogP contribution in [-0.4, -0.2) is 19.2 Å². The van der Waals surface area contributed by atoms with Crippen molar-refractivity contribution in [1.82, 2.24) is 5.32 Å². The van der Waals surface area contributed by atoms with Gasteiger partial charge in [0.2, 0.25) is 0 Å². The quantitative estimate of drug-likeness (QED) is 0.876. The van der Waals surface area contributed by atoms with Crippen LogP contribution in [0.25, 0.3) is 0 Å². The third-order valence-corrected chi connectivity index (χ3v) is 3.62. The molecule has 0 spiro atoms. The number of benzene rings is 1. The maximum Gasteiger partial charge on any atom is 0.319 e. The van der Waals surface area contributed by atoms with Crippen LogP contribution >= 0.6 is 0 Å². The van der Waals surface area contributed by atoms with Gasteiger partial charge < -0.3 is 15.4 Å². The van der Waals surface area contributed by atoms with Crippen LogP contribution in [0.1, 0.15) is 37.7 Å². The molecule has 0 radical (unpaired) electrons. The minimum absolute atomic E-state index is 0.111. The van der Waals surface area contributed by atoms with Crippen molar-refractivity contribution in [3.63, 3.8) is 0 Å². The van der Waals surface area contributed by atoms with Gasteiger partial charge in [-0.2, -0.15) is 0 Å². The predicted octanol–water partition coefficient (Wildman–Crippen LogP) is 3.46. The summed E-state index contributed by atoms with van der Waals surface area (Å²) < 4.78 is 5.15. The van der Waals surface area contributed by atoms with E-state index in [-0.39, 0.29) is 6.03 Å². The van der Waals surface area contributed by atoms with E-state index < -0.39 is 0 Å². The molecule has 1 aromatic carbocycles. The van der Waals surface area contributed by atoms with Crippen LogP contribution in [-0.2, 0) is 0 Å². The lowest BCUT2D eigenvalue weighted by Crippen LogP contribution is -2.39. The molecule has 1 saturated carbocycles. The van der Waals surface area contributed by atoms with E-state index in [2.05, 4.69) is 10.6 Å². The molecule has 0 heterocycles. The zero-order valence-corrected chi connectivity index (χ0v) is 11.7. The van der Waals surface area contributed by atoms with Crippen molar-refractivity contribution in [1.29, 1.82) is 0 Å².